The highest BCUT2D eigenvalue weighted by molar-refractivity contribution is 7.99. The molecule has 1 rings (SSSR count). The van der Waals surface area contributed by atoms with Crippen LogP contribution in [0.25, 0.3) is 0 Å². The minimum absolute atomic E-state index is 0.0728. The van der Waals surface area contributed by atoms with Crippen molar-refractivity contribution in [3.63, 3.8) is 0 Å². The van der Waals surface area contributed by atoms with E-state index >= 15 is 0 Å². The van der Waals surface area contributed by atoms with E-state index in [0.29, 0.717) is 5.03 Å². The van der Waals surface area contributed by atoms with Crippen molar-refractivity contribution in [3.8, 4) is 0 Å². The fourth-order valence-corrected chi connectivity index (χ4v) is 2.10. The standard InChI is InChI=1S/C9H14N4O2S/c1-2-3-4-5-16-8-7(13(14)15)6-11-9(10)12-8/h6H,2-5H2,1H3,(H2,10,11,12). The predicted molar refractivity (Wildman–Crippen MR) is 63.3 cm³/mol. The number of nitro groups is 1. The van der Waals surface area contributed by atoms with Crippen LogP contribution in [0.5, 0.6) is 0 Å². The molecule has 1 heterocycles. The molecule has 0 fully saturated rings. The summed E-state index contributed by atoms with van der Waals surface area (Å²) in [5.74, 6) is 0.883. The summed E-state index contributed by atoms with van der Waals surface area (Å²) in [6.45, 7) is 2.11. The number of hydrogen-bond acceptors (Lipinski definition) is 6. The first-order valence-electron chi connectivity index (χ1n) is 5.05. The van der Waals surface area contributed by atoms with Gasteiger partial charge in [0, 0.05) is 0 Å². The number of nitrogen functional groups attached to an aromatic ring is 1. The first-order chi connectivity index (χ1) is 7.65. The van der Waals surface area contributed by atoms with E-state index in [4.69, 9.17) is 5.73 Å². The fraction of sp³-hybridized carbons (Fsp3) is 0.556. The van der Waals surface area contributed by atoms with Gasteiger partial charge in [0.05, 0.1) is 4.92 Å². The van der Waals surface area contributed by atoms with Crippen molar-refractivity contribution in [2.75, 3.05) is 11.5 Å². The lowest BCUT2D eigenvalue weighted by molar-refractivity contribution is -0.388. The Hall–Kier alpha value is -1.37. The molecule has 7 heteroatoms. The van der Waals surface area contributed by atoms with Gasteiger partial charge in [0.2, 0.25) is 5.95 Å². The second kappa shape index (κ2) is 6.26. The van der Waals surface area contributed by atoms with Crippen LogP contribution in [0.4, 0.5) is 11.6 Å². The molecule has 1 aromatic rings. The summed E-state index contributed by atoms with van der Waals surface area (Å²) in [6, 6.07) is 0. The van der Waals surface area contributed by atoms with Crippen LogP contribution in [0.2, 0.25) is 0 Å². The average molecular weight is 242 g/mol. The van der Waals surface area contributed by atoms with Crippen LogP contribution in [-0.4, -0.2) is 20.6 Å². The second-order valence-electron chi connectivity index (χ2n) is 3.23. The molecular formula is C9H14N4O2S. The molecule has 0 aromatic carbocycles. The Labute approximate surface area is 97.8 Å². The smallest absolute Gasteiger partial charge is 0.319 e. The van der Waals surface area contributed by atoms with E-state index in [0.717, 1.165) is 31.2 Å². The molecule has 0 radical (unpaired) electrons. The maximum absolute atomic E-state index is 10.7. The molecule has 0 aliphatic rings. The largest absolute Gasteiger partial charge is 0.368 e. The lowest BCUT2D eigenvalue weighted by Crippen LogP contribution is -2.00. The molecule has 0 amide bonds. The van der Waals surface area contributed by atoms with Crippen LogP contribution in [0, 0.1) is 10.1 Å². The maximum atomic E-state index is 10.7. The quantitative estimate of drug-likeness (QED) is 0.270. The number of aromatic nitrogens is 2. The molecule has 0 atom stereocenters. The van der Waals surface area contributed by atoms with Crippen LogP contribution in [0.1, 0.15) is 26.2 Å². The molecule has 1 aromatic heterocycles. The molecule has 16 heavy (non-hydrogen) atoms. The first kappa shape index (κ1) is 12.7. The Morgan fingerprint density at radius 3 is 2.94 bits per heavy atom. The molecule has 0 aliphatic heterocycles. The van der Waals surface area contributed by atoms with Crippen molar-refractivity contribution in [1.29, 1.82) is 0 Å². The molecule has 0 bridgehead atoms. The van der Waals surface area contributed by atoms with E-state index in [-0.39, 0.29) is 11.6 Å². The topological polar surface area (TPSA) is 94.9 Å². The van der Waals surface area contributed by atoms with E-state index in [2.05, 4.69) is 16.9 Å². The zero-order valence-electron chi connectivity index (χ0n) is 9.05. The highest BCUT2D eigenvalue weighted by Gasteiger charge is 2.16. The minimum Gasteiger partial charge on any atom is -0.368 e. The van der Waals surface area contributed by atoms with Crippen molar-refractivity contribution >= 4 is 23.4 Å². The summed E-state index contributed by atoms with van der Waals surface area (Å²) in [5, 5.41) is 11.0. The summed E-state index contributed by atoms with van der Waals surface area (Å²) in [6.07, 6.45) is 4.41. The van der Waals surface area contributed by atoms with Gasteiger partial charge in [0.25, 0.3) is 0 Å². The Morgan fingerprint density at radius 1 is 1.56 bits per heavy atom. The van der Waals surface area contributed by atoms with Crippen LogP contribution >= 0.6 is 11.8 Å². The monoisotopic (exact) mass is 242 g/mol. The first-order valence-corrected chi connectivity index (χ1v) is 6.03. The number of hydrogen-bond donors (Lipinski definition) is 1. The fourth-order valence-electron chi connectivity index (χ4n) is 1.13. The summed E-state index contributed by atoms with van der Waals surface area (Å²) in [4.78, 5) is 17.7. The zero-order valence-corrected chi connectivity index (χ0v) is 9.87. The number of anilines is 1. The molecule has 2 N–H and O–H groups in total. The molecule has 0 saturated heterocycles. The van der Waals surface area contributed by atoms with Gasteiger partial charge in [-0.25, -0.2) is 4.98 Å². The minimum atomic E-state index is -0.485. The van der Waals surface area contributed by atoms with E-state index in [9.17, 15) is 10.1 Å². The summed E-state index contributed by atoms with van der Waals surface area (Å²) in [5.41, 5.74) is 5.33. The lowest BCUT2D eigenvalue weighted by atomic mass is 10.3. The number of unbranched alkanes of at least 4 members (excludes halogenated alkanes) is 2. The van der Waals surface area contributed by atoms with Gasteiger partial charge < -0.3 is 5.73 Å². The third kappa shape index (κ3) is 3.65. The van der Waals surface area contributed by atoms with Crippen LogP contribution in [0.15, 0.2) is 11.2 Å². The van der Waals surface area contributed by atoms with Crippen molar-refractivity contribution in [2.45, 2.75) is 31.2 Å². The van der Waals surface area contributed by atoms with E-state index in [1.807, 2.05) is 0 Å². The van der Waals surface area contributed by atoms with E-state index in [1.165, 1.54) is 11.8 Å². The predicted octanol–water partition coefficient (Wildman–Crippen LogP) is 2.25. The Kier molecular flexibility index (Phi) is 4.97. The van der Waals surface area contributed by atoms with Crippen molar-refractivity contribution in [1.82, 2.24) is 9.97 Å². The van der Waals surface area contributed by atoms with Gasteiger partial charge >= 0.3 is 5.69 Å². The SMILES string of the molecule is CCCCCSc1nc(N)ncc1[N+](=O)[O-]. The van der Waals surface area contributed by atoms with E-state index < -0.39 is 4.92 Å². The van der Waals surface area contributed by atoms with Gasteiger partial charge in [-0.3, -0.25) is 10.1 Å². The molecule has 6 nitrogen and oxygen atoms in total. The Bertz CT molecular complexity index is 373. The molecule has 0 unspecified atom stereocenters. The van der Waals surface area contributed by atoms with Gasteiger partial charge in [0.15, 0.2) is 5.03 Å². The number of thioether (sulfide) groups is 1. The van der Waals surface area contributed by atoms with E-state index in [1.54, 1.807) is 0 Å². The third-order valence-corrected chi connectivity index (χ3v) is 3.00. The normalized spacial score (nSPS) is 10.3. The Morgan fingerprint density at radius 2 is 2.31 bits per heavy atom. The molecule has 0 spiro atoms. The van der Waals surface area contributed by atoms with Crippen molar-refractivity contribution in [2.24, 2.45) is 0 Å². The van der Waals surface area contributed by atoms with Crippen LogP contribution < -0.4 is 5.73 Å². The van der Waals surface area contributed by atoms with Crippen LogP contribution in [0.3, 0.4) is 0 Å². The summed E-state index contributed by atoms with van der Waals surface area (Å²) < 4.78 is 0. The second-order valence-corrected chi connectivity index (χ2v) is 4.31. The lowest BCUT2D eigenvalue weighted by Gasteiger charge is -2.01. The van der Waals surface area contributed by atoms with Gasteiger partial charge in [-0.05, 0) is 12.2 Å². The highest BCUT2D eigenvalue weighted by Crippen LogP contribution is 2.27. The van der Waals surface area contributed by atoms with Gasteiger partial charge in [-0.2, -0.15) is 4.98 Å². The molecule has 88 valence electrons. The van der Waals surface area contributed by atoms with Gasteiger partial charge in [-0.1, -0.05) is 31.5 Å². The highest BCUT2D eigenvalue weighted by atomic mass is 32.2. The number of nitrogens with zero attached hydrogens (tertiary/aromatic N) is 3. The molecular weight excluding hydrogens is 228 g/mol. The average Bonchev–Trinajstić information content (AvgIpc) is 2.24. The van der Waals surface area contributed by atoms with Crippen molar-refractivity contribution < 1.29 is 4.92 Å². The molecule has 0 aliphatic carbocycles. The maximum Gasteiger partial charge on any atom is 0.319 e. The zero-order chi connectivity index (χ0) is 12.0. The number of rotatable bonds is 6. The number of nitrogens with two attached hydrogens (primary N) is 1. The van der Waals surface area contributed by atoms with Gasteiger partial charge in [-0.15, -0.1) is 0 Å². The summed E-state index contributed by atoms with van der Waals surface area (Å²) in [7, 11) is 0. The Balaban J connectivity index is 2.68. The molecule has 0 saturated carbocycles. The summed E-state index contributed by atoms with van der Waals surface area (Å²) >= 11 is 1.36. The third-order valence-electron chi connectivity index (χ3n) is 1.94. The van der Waals surface area contributed by atoms with Gasteiger partial charge in [0.1, 0.15) is 6.20 Å². The van der Waals surface area contributed by atoms with Crippen molar-refractivity contribution in [3.05, 3.63) is 16.3 Å². The van der Waals surface area contributed by atoms with Crippen LogP contribution in [-0.2, 0) is 0 Å².